The Hall–Kier alpha value is -1.53. The van der Waals surface area contributed by atoms with Crippen molar-refractivity contribution in [1.29, 1.82) is 0 Å². The Labute approximate surface area is 118 Å². The molecule has 1 aromatic rings. The van der Waals surface area contributed by atoms with Crippen molar-refractivity contribution in [3.63, 3.8) is 0 Å². The lowest BCUT2D eigenvalue weighted by atomic mass is 10.1. The van der Waals surface area contributed by atoms with E-state index in [0.29, 0.717) is 19.6 Å². The van der Waals surface area contributed by atoms with Gasteiger partial charge in [0.15, 0.2) is 0 Å². The van der Waals surface area contributed by atoms with Gasteiger partial charge in [-0.2, -0.15) is 0 Å². The van der Waals surface area contributed by atoms with Crippen molar-refractivity contribution in [1.82, 2.24) is 14.8 Å². The van der Waals surface area contributed by atoms with Crippen molar-refractivity contribution in [2.75, 3.05) is 32.7 Å². The van der Waals surface area contributed by atoms with E-state index in [1.165, 1.54) is 12.1 Å². The fourth-order valence-corrected chi connectivity index (χ4v) is 2.32. The number of β-amino-alcohol motifs (C(OH)–C–C–N with tert-alkyl or cyclic N) is 1. The molecular weight excluding hydrogens is 261 g/mol. The minimum absolute atomic E-state index is 0.173. The zero-order chi connectivity index (χ0) is 14.8. The van der Waals surface area contributed by atoms with Gasteiger partial charge in [0.25, 0.3) is 5.91 Å². The number of piperazine rings is 1. The zero-order valence-electron chi connectivity index (χ0n) is 11.8. The highest BCUT2D eigenvalue weighted by Gasteiger charge is 2.25. The van der Waals surface area contributed by atoms with Gasteiger partial charge >= 0.3 is 0 Å². The molecule has 1 saturated heterocycles. The Kier molecular flexibility index (Phi) is 4.35. The second kappa shape index (κ2) is 5.85. The molecule has 0 aliphatic carbocycles. The first-order chi connectivity index (χ1) is 9.35. The SMILES string of the molecule is CC(C)(O)CN1CCN(C(=O)c2ccc(F)cn2)CC1. The number of pyridine rings is 1. The van der Waals surface area contributed by atoms with Gasteiger partial charge in [0.2, 0.25) is 0 Å². The Morgan fingerprint density at radius 2 is 2.00 bits per heavy atom. The summed E-state index contributed by atoms with van der Waals surface area (Å²) in [6.45, 7) is 6.75. The first-order valence-electron chi connectivity index (χ1n) is 6.71. The van der Waals surface area contributed by atoms with Gasteiger partial charge < -0.3 is 10.0 Å². The van der Waals surface area contributed by atoms with Gasteiger partial charge in [-0.15, -0.1) is 0 Å². The van der Waals surface area contributed by atoms with Gasteiger partial charge in [-0.05, 0) is 26.0 Å². The Balaban J connectivity index is 1.90. The maximum absolute atomic E-state index is 12.8. The molecule has 2 rings (SSSR count). The summed E-state index contributed by atoms with van der Waals surface area (Å²) in [7, 11) is 0. The number of rotatable bonds is 3. The molecule has 1 N–H and O–H groups in total. The van der Waals surface area contributed by atoms with Crippen LogP contribution in [-0.2, 0) is 0 Å². The van der Waals surface area contributed by atoms with Gasteiger partial charge in [0.1, 0.15) is 11.5 Å². The summed E-state index contributed by atoms with van der Waals surface area (Å²) in [4.78, 5) is 19.8. The molecule has 2 heterocycles. The van der Waals surface area contributed by atoms with E-state index in [1.54, 1.807) is 18.7 Å². The van der Waals surface area contributed by atoms with Crippen molar-refractivity contribution in [3.05, 3.63) is 29.8 Å². The lowest BCUT2D eigenvalue weighted by Gasteiger charge is -2.37. The van der Waals surface area contributed by atoms with Crippen LogP contribution in [0.5, 0.6) is 0 Å². The van der Waals surface area contributed by atoms with Gasteiger partial charge in [-0.3, -0.25) is 9.69 Å². The normalized spacial score (nSPS) is 17.3. The average molecular weight is 281 g/mol. The summed E-state index contributed by atoms with van der Waals surface area (Å²) in [5, 5.41) is 9.78. The van der Waals surface area contributed by atoms with Crippen molar-refractivity contribution in [2.45, 2.75) is 19.4 Å². The summed E-state index contributed by atoms with van der Waals surface area (Å²) in [6.07, 6.45) is 1.05. The summed E-state index contributed by atoms with van der Waals surface area (Å²) in [5.41, 5.74) is -0.465. The zero-order valence-corrected chi connectivity index (χ0v) is 11.8. The molecule has 5 nitrogen and oxygen atoms in total. The second-order valence-electron chi connectivity index (χ2n) is 5.74. The van der Waals surface area contributed by atoms with E-state index in [4.69, 9.17) is 0 Å². The molecule has 1 aliphatic rings. The molecule has 0 atom stereocenters. The standard InChI is InChI=1S/C14H20FN3O2/c1-14(2,20)10-17-5-7-18(8-6-17)13(19)12-4-3-11(15)9-16-12/h3-4,9,20H,5-8,10H2,1-2H3. The monoisotopic (exact) mass is 281 g/mol. The number of carbonyl (C=O) groups is 1. The third kappa shape index (κ3) is 3.98. The van der Waals surface area contributed by atoms with Crippen LogP contribution in [0.3, 0.4) is 0 Å². The Morgan fingerprint density at radius 1 is 1.35 bits per heavy atom. The fraction of sp³-hybridized carbons (Fsp3) is 0.571. The van der Waals surface area contributed by atoms with Crippen LogP contribution >= 0.6 is 0 Å². The lowest BCUT2D eigenvalue weighted by Crippen LogP contribution is -2.52. The molecule has 0 saturated carbocycles. The second-order valence-corrected chi connectivity index (χ2v) is 5.74. The largest absolute Gasteiger partial charge is 0.389 e. The molecule has 0 aromatic carbocycles. The molecule has 0 bridgehead atoms. The predicted molar refractivity (Wildman–Crippen MR) is 72.8 cm³/mol. The van der Waals surface area contributed by atoms with Crippen LogP contribution in [0.2, 0.25) is 0 Å². The van der Waals surface area contributed by atoms with Gasteiger partial charge in [0, 0.05) is 32.7 Å². The van der Waals surface area contributed by atoms with Gasteiger partial charge in [0.05, 0.1) is 11.8 Å². The van der Waals surface area contributed by atoms with Crippen LogP contribution in [0.1, 0.15) is 24.3 Å². The number of hydrogen-bond donors (Lipinski definition) is 1. The van der Waals surface area contributed by atoms with Crippen LogP contribution in [0.15, 0.2) is 18.3 Å². The molecule has 0 unspecified atom stereocenters. The van der Waals surface area contributed by atoms with Crippen LogP contribution < -0.4 is 0 Å². The van der Waals surface area contributed by atoms with Gasteiger partial charge in [-0.25, -0.2) is 9.37 Å². The summed E-state index contributed by atoms with van der Waals surface area (Å²) in [5.74, 6) is -0.621. The molecule has 20 heavy (non-hydrogen) atoms. The van der Waals surface area contributed by atoms with E-state index < -0.39 is 11.4 Å². The van der Waals surface area contributed by atoms with E-state index >= 15 is 0 Å². The number of aromatic nitrogens is 1. The van der Waals surface area contributed by atoms with Crippen LogP contribution in [0, 0.1) is 5.82 Å². The minimum atomic E-state index is -0.731. The lowest BCUT2D eigenvalue weighted by molar-refractivity contribution is 0.0177. The maximum Gasteiger partial charge on any atom is 0.272 e. The summed E-state index contributed by atoms with van der Waals surface area (Å²) < 4.78 is 12.8. The molecule has 0 spiro atoms. The predicted octanol–water partition coefficient (Wildman–Crippen LogP) is 0.749. The fourth-order valence-electron chi connectivity index (χ4n) is 2.32. The molecule has 1 amide bonds. The van der Waals surface area contributed by atoms with Crippen molar-refractivity contribution >= 4 is 5.91 Å². The minimum Gasteiger partial charge on any atom is -0.389 e. The maximum atomic E-state index is 12.8. The van der Waals surface area contributed by atoms with Crippen LogP contribution in [0.25, 0.3) is 0 Å². The van der Waals surface area contributed by atoms with Crippen molar-refractivity contribution in [3.8, 4) is 0 Å². The molecule has 1 aliphatic heterocycles. The van der Waals surface area contributed by atoms with E-state index in [0.717, 1.165) is 19.3 Å². The smallest absolute Gasteiger partial charge is 0.272 e. The highest BCUT2D eigenvalue weighted by molar-refractivity contribution is 5.92. The Bertz CT molecular complexity index is 462. The summed E-state index contributed by atoms with van der Waals surface area (Å²) >= 11 is 0. The van der Waals surface area contributed by atoms with Crippen molar-refractivity contribution in [2.24, 2.45) is 0 Å². The van der Waals surface area contributed by atoms with Crippen LogP contribution in [0.4, 0.5) is 4.39 Å². The van der Waals surface area contributed by atoms with E-state index in [1.807, 2.05) is 0 Å². The average Bonchev–Trinajstić information content (AvgIpc) is 2.38. The number of carbonyl (C=O) groups excluding carboxylic acids is 1. The number of hydrogen-bond acceptors (Lipinski definition) is 4. The number of aliphatic hydroxyl groups is 1. The van der Waals surface area contributed by atoms with Crippen LogP contribution in [-0.4, -0.2) is 64.1 Å². The van der Waals surface area contributed by atoms with E-state index in [-0.39, 0.29) is 11.6 Å². The van der Waals surface area contributed by atoms with E-state index in [2.05, 4.69) is 9.88 Å². The highest BCUT2D eigenvalue weighted by Crippen LogP contribution is 2.11. The van der Waals surface area contributed by atoms with E-state index in [9.17, 15) is 14.3 Å². The molecule has 6 heteroatoms. The van der Waals surface area contributed by atoms with Gasteiger partial charge in [-0.1, -0.05) is 0 Å². The quantitative estimate of drug-likeness (QED) is 0.888. The highest BCUT2D eigenvalue weighted by atomic mass is 19.1. The number of halogens is 1. The first kappa shape index (κ1) is 14.9. The number of amides is 1. The summed E-state index contributed by atoms with van der Waals surface area (Å²) in [6, 6.07) is 2.64. The topological polar surface area (TPSA) is 56.7 Å². The Morgan fingerprint density at radius 3 is 2.50 bits per heavy atom. The molecule has 110 valence electrons. The third-order valence-corrected chi connectivity index (χ3v) is 3.22. The molecule has 0 radical (unpaired) electrons. The molecule has 1 fully saturated rings. The first-order valence-corrected chi connectivity index (χ1v) is 6.71. The molecular formula is C14H20FN3O2. The molecule has 1 aromatic heterocycles. The van der Waals surface area contributed by atoms with Crippen molar-refractivity contribution < 1.29 is 14.3 Å². The third-order valence-electron chi connectivity index (χ3n) is 3.22. The number of nitrogens with zero attached hydrogens (tertiary/aromatic N) is 3.